The van der Waals surface area contributed by atoms with Crippen molar-refractivity contribution < 1.29 is 4.74 Å². The van der Waals surface area contributed by atoms with E-state index in [-0.39, 0.29) is 6.04 Å². The molecule has 0 bridgehead atoms. The minimum atomic E-state index is 0.107. The number of benzene rings is 1. The Kier molecular flexibility index (Phi) is 4.97. The molecule has 1 unspecified atom stereocenters. The molecule has 0 amide bonds. The van der Waals surface area contributed by atoms with Gasteiger partial charge >= 0.3 is 0 Å². The summed E-state index contributed by atoms with van der Waals surface area (Å²) in [5.41, 5.74) is 6.74. The fourth-order valence-electron chi connectivity index (χ4n) is 1.09. The lowest BCUT2D eigenvalue weighted by Crippen LogP contribution is -2.10. The Morgan fingerprint density at radius 3 is 2.71 bits per heavy atom. The fourth-order valence-corrected chi connectivity index (χ4v) is 1.09. The van der Waals surface area contributed by atoms with Crippen molar-refractivity contribution in [2.45, 2.75) is 19.6 Å². The smallest absolute Gasteiger partial charge is 0.0721 e. The first-order chi connectivity index (χ1) is 6.79. The van der Waals surface area contributed by atoms with Crippen LogP contribution in [0.25, 0.3) is 0 Å². The molecule has 0 radical (unpaired) electrons. The highest BCUT2D eigenvalue weighted by atomic mass is 16.5. The van der Waals surface area contributed by atoms with Gasteiger partial charge in [-0.05, 0) is 12.5 Å². The van der Waals surface area contributed by atoms with Gasteiger partial charge in [-0.15, -0.1) is 0 Å². The van der Waals surface area contributed by atoms with Crippen LogP contribution in [0.2, 0.25) is 0 Å². The van der Waals surface area contributed by atoms with Gasteiger partial charge in [0.05, 0.1) is 13.2 Å². The summed E-state index contributed by atoms with van der Waals surface area (Å²) in [6, 6.07) is 10.2. The minimum absolute atomic E-state index is 0.107. The van der Waals surface area contributed by atoms with E-state index in [1.807, 2.05) is 37.3 Å². The van der Waals surface area contributed by atoms with Gasteiger partial charge in [0, 0.05) is 6.04 Å². The van der Waals surface area contributed by atoms with Gasteiger partial charge in [-0.25, -0.2) is 0 Å². The quantitative estimate of drug-likeness (QED) is 0.571. The summed E-state index contributed by atoms with van der Waals surface area (Å²) in [4.78, 5) is 0. The van der Waals surface area contributed by atoms with Crippen LogP contribution in [0.15, 0.2) is 42.5 Å². The van der Waals surface area contributed by atoms with E-state index < -0.39 is 0 Å². The summed E-state index contributed by atoms with van der Waals surface area (Å²) < 4.78 is 5.43. The normalized spacial score (nSPS) is 13.3. The summed E-state index contributed by atoms with van der Waals surface area (Å²) in [5.74, 6) is 0. The third-order valence-electron chi connectivity index (χ3n) is 1.77. The molecule has 1 rings (SSSR count). The third kappa shape index (κ3) is 4.80. The van der Waals surface area contributed by atoms with E-state index >= 15 is 0 Å². The highest BCUT2D eigenvalue weighted by Gasteiger charge is 1.89. The van der Waals surface area contributed by atoms with E-state index in [1.54, 1.807) is 0 Å². The molecule has 1 aromatic rings. The summed E-state index contributed by atoms with van der Waals surface area (Å²) >= 11 is 0. The average molecular weight is 191 g/mol. The molecule has 0 saturated carbocycles. The Bertz CT molecular complexity index is 267. The molecule has 1 atom stereocenters. The molecule has 2 nitrogen and oxygen atoms in total. The first-order valence-electron chi connectivity index (χ1n) is 4.83. The van der Waals surface area contributed by atoms with Gasteiger partial charge in [0.25, 0.3) is 0 Å². The number of hydrogen-bond donors (Lipinski definition) is 1. The predicted molar refractivity (Wildman–Crippen MR) is 58.9 cm³/mol. The summed E-state index contributed by atoms with van der Waals surface area (Å²) in [6.07, 6.45) is 3.89. The molecule has 0 spiro atoms. The van der Waals surface area contributed by atoms with Crippen molar-refractivity contribution in [1.29, 1.82) is 0 Å². The SMILES string of the molecule is CC(N)C=CCOCc1ccccc1. The van der Waals surface area contributed by atoms with E-state index in [9.17, 15) is 0 Å². The second kappa shape index (κ2) is 6.35. The van der Waals surface area contributed by atoms with Crippen LogP contribution in [0.3, 0.4) is 0 Å². The van der Waals surface area contributed by atoms with Crippen molar-refractivity contribution >= 4 is 0 Å². The largest absolute Gasteiger partial charge is 0.373 e. The highest BCUT2D eigenvalue weighted by Crippen LogP contribution is 2.00. The molecule has 0 aliphatic heterocycles. The number of hydrogen-bond acceptors (Lipinski definition) is 2. The molecule has 2 N–H and O–H groups in total. The lowest BCUT2D eigenvalue weighted by Gasteiger charge is -2.01. The van der Waals surface area contributed by atoms with E-state index in [4.69, 9.17) is 10.5 Å². The topological polar surface area (TPSA) is 35.2 Å². The van der Waals surface area contributed by atoms with Gasteiger partial charge in [-0.2, -0.15) is 0 Å². The van der Waals surface area contributed by atoms with E-state index in [1.165, 1.54) is 5.56 Å². The predicted octanol–water partition coefficient (Wildman–Crippen LogP) is 2.11. The monoisotopic (exact) mass is 191 g/mol. The van der Waals surface area contributed by atoms with Gasteiger partial charge in [-0.3, -0.25) is 0 Å². The van der Waals surface area contributed by atoms with Crippen LogP contribution in [0.4, 0.5) is 0 Å². The minimum Gasteiger partial charge on any atom is -0.373 e. The Morgan fingerprint density at radius 1 is 1.36 bits per heavy atom. The molecule has 0 aliphatic carbocycles. The second-order valence-corrected chi connectivity index (χ2v) is 3.29. The van der Waals surface area contributed by atoms with Crippen LogP contribution in [-0.2, 0) is 11.3 Å². The van der Waals surface area contributed by atoms with Crippen molar-refractivity contribution in [3.63, 3.8) is 0 Å². The Morgan fingerprint density at radius 2 is 2.07 bits per heavy atom. The first kappa shape index (κ1) is 11.0. The maximum Gasteiger partial charge on any atom is 0.0721 e. The molecule has 0 aromatic heterocycles. The zero-order valence-corrected chi connectivity index (χ0v) is 8.52. The second-order valence-electron chi connectivity index (χ2n) is 3.29. The van der Waals surface area contributed by atoms with E-state index in [0.717, 1.165) is 0 Å². The lowest BCUT2D eigenvalue weighted by molar-refractivity contribution is 0.148. The standard InChI is InChI=1S/C12H17NO/c1-11(13)6-5-9-14-10-12-7-3-2-4-8-12/h2-8,11H,9-10,13H2,1H3. The third-order valence-corrected chi connectivity index (χ3v) is 1.77. The zero-order chi connectivity index (χ0) is 10.2. The molecule has 1 aromatic carbocycles. The number of rotatable bonds is 5. The summed E-state index contributed by atoms with van der Waals surface area (Å²) in [5, 5.41) is 0. The van der Waals surface area contributed by atoms with Crippen LogP contribution in [-0.4, -0.2) is 12.6 Å². The van der Waals surface area contributed by atoms with Crippen molar-refractivity contribution in [3.05, 3.63) is 48.0 Å². The highest BCUT2D eigenvalue weighted by molar-refractivity contribution is 5.13. The molecule has 0 saturated heterocycles. The molecule has 76 valence electrons. The van der Waals surface area contributed by atoms with Crippen molar-refractivity contribution in [2.24, 2.45) is 5.73 Å². The van der Waals surface area contributed by atoms with Crippen LogP contribution in [0.5, 0.6) is 0 Å². The molecule has 14 heavy (non-hydrogen) atoms. The van der Waals surface area contributed by atoms with Gasteiger partial charge in [0.1, 0.15) is 0 Å². The van der Waals surface area contributed by atoms with Gasteiger partial charge in [0.15, 0.2) is 0 Å². The zero-order valence-electron chi connectivity index (χ0n) is 8.52. The molecule has 0 heterocycles. The summed E-state index contributed by atoms with van der Waals surface area (Å²) in [6.45, 7) is 3.22. The van der Waals surface area contributed by atoms with Crippen LogP contribution in [0.1, 0.15) is 12.5 Å². The number of ether oxygens (including phenoxy) is 1. The van der Waals surface area contributed by atoms with Gasteiger partial charge in [-0.1, -0.05) is 42.5 Å². The Labute approximate surface area is 85.4 Å². The molecular weight excluding hydrogens is 174 g/mol. The fraction of sp³-hybridized carbons (Fsp3) is 0.333. The number of nitrogens with two attached hydrogens (primary N) is 1. The van der Waals surface area contributed by atoms with Crippen LogP contribution >= 0.6 is 0 Å². The summed E-state index contributed by atoms with van der Waals surface area (Å²) in [7, 11) is 0. The van der Waals surface area contributed by atoms with Gasteiger partial charge in [0.2, 0.25) is 0 Å². The average Bonchev–Trinajstić information content (AvgIpc) is 2.18. The van der Waals surface area contributed by atoms with Crippen molar-refractivity contribution in [3.8, 4) is 0 Å². The van der Waals surface area contributed by atoms with E-state index in [0.29, 0.717) is 13.2 Å². The maximum absolute atomic E-state index is 5.54. The Balaban J connectivity index is 2.16. The van der Waals surface area contributed by atoms with Crippen molar-refractivity contribution in [2.75, 3.05) is 6.61 Å². The van der Waals surface area contributed by atoms with Crippen LogP contribution < -0.4 is 5.73 Å². The molecular formula is C12H17NO. The molecule has 0 fully saturated rings. The lowest BCUT2D eigenvalue weighted by atomic mass is 10.2. The van der Waals surface area contributed by atoms with Gasteiger partial charge < -0.3 is 10.5 Å². The molecule has 0 aliphatic rings. The first-order valence-corrected chi connectivity index (χ1v) is 4.83. The van der Waals surface area contributed by atoms with Crippen molar-refractivity contribution in [1.82, 2.24) is 0 Å². The maximum atomic E-state index is 5.54. The van der Waals surface area contributed by atoms with Crippen LogP contribution in [0, 0.1) is 0 Å². The van der Waals surface area contributed by atoms with E-state index in [2.05, 4.69) is 12.1 Å². The Hall–Kier alpha value is -1.12. The molecule has 2 heteroatoms.